The molecule has 2 N–H and O–H groups in total. The molecule has 0 bridgehead atoms. The van der Waals surface area contributed by atoms with Crippen molar-refractivity contribution in [1.82, 2.24) is 10.3 Å². The minimum Gasteiger partial charge on any atom is -0.335 e. The van der Waals surface area contributed by atoms with Gasteiger partial charge in [0.25, 0.3) is 17.5 Å². The minimum absolute atomic E-state index is 0.132. The maximum absolute atomic E-state index is 13.1. The second-order valence-electron chi connectivity index (χ2n) is 6.73. The predicted molar refractivity (Wildman–Crippen MR) is 112 cm³/mol. The van der Waals surface area contributed by atoms with Crippen LogP contribution in [0.2, 0.25) is 0 Å². The summed E-state index contributed by atoms with van der Waals surface area (Å²) < 4.78 is 0. The SMILES string of the molecule is Cc1cccc(C)c1NC(=O)C(NC(=O)c1ccccn1)c1cccc([N+](=O)[O-])c1. The lowest BCUT2D eigenvalue weighted by Gasteiger charge is -2.20. The molecule has 0 saturated heterocycles. The summed E-state index contributed by atoms with van der Waals surface area (Å²) in [6, 6.07) is 14.9. The molecule has 2 aromatic carbocycles. The fourth-order valence-corrected chi connectivity index (χ4v) is 3.03. The molecular formula is C22H20N4O4. The van der Waals surface area contributed by atoms with Crippen molar-refractivity contribution in [2.24, 2.45) is 0 Å². The Morgan fingerprint density at radius 3 is 2.33 bits per heavy atom. The van der Waals surface area contributed by atoms with E-state index in [0.29, 0.717) is 5.69 Å². The van der Waals surface area contributed by atoms with E-state index in [-0.39, 0.29) is 16.9 Å². The highest BCUT2D eigenvalue weighted by Gasteiger charge is 2.26. The summed E-state index contributed by atoms with van der Waals surface area (Å²) in [4.78, 5) is 40.4. The van der Waals surface area contributed by atoms with Crippen LogP contribution in [0.5, 0.6) is 0 Å². The third-order valence-corrected chi connectivity index (χ3v) is 4.58. The van der Waals surface area contributed by atoms with Gasteiger partial charge in [-0.1, -0.05) is 36.4 Å². The molecule has 0 radical (unpaired) electrons. The molecule has 8 nitrogen and oxygen atoms in total. The average molecular weight is 404 g/mol. The zero-order valence-electron chi connectivity index (χ0n) is 16.5. The van der Waals surface area contributed by atoms with Gasteiger partial charge in [-0.25, -0.2) is 0 Å². The number of nitro benzene ring substituents is 1. The first-order valence-corrected chi connectivity index (χ1v) is 9.20. The number of pyridine rings is 1. The Morgan fingerprint density at radius 2 is 1.70 bits per heavy atom. The molecule has 0 spiro atoms. The van der Waals surface area contributed by atoms with Gasteiger partial charge in [0.15, 0.2) is 0 Å². The second kappa shape index (κ2) is 8.95. The lowest BCUT2D eigenvalue weighted by Crippen LogP contribution is -2.37. The first-order chi connectivity index (χ1) is 14.4. The van der Waals surface area contributed by atoms with Gasteiger partial charge >= 0.3 is 0 Å². The third-order valence-electron chi connectivity index (χ3n) is 4.58. The van der Waals surface area contributed by atoms with E-state index in [2.05, 4.69) is 15.6 Å². The number of carbonyl (C=O) groups excluding carboxylic acids is 2. The number of hydrogen-bond acceptors (Lipinski definition) is 5. The van der Waals surface area contributed by atoms with Crippen molar-refractivity contribution in [3.63, 3.8) is 0 Å². The first kappa shape index (κ1) is 20.7. The van der Waals surface area contributed by atoms with Gasteiger partial charge in [0.05, 0.1) is 4.92 Å². The van der Waals surface area contributed by atoms with Gasteiger partial charge in [-0.05, 0) is 42.7 Å². The zero-order valence-corrected chi connectivity index (χ0v) is 16.5. The molecule has 0 saturated carbocycles. The number of nitro groups is 1. The monoisotopic (exact) mass is 404 g/mol. The van der Waals surface area contributed by atoms with Crippen molar-refractivity contribution in [2.45, 2.75) is 19.9 Å². The van der Waals surface area contributed by atoms with Crippen LogP contribution < -0.4 is 10.6 Å². The van der Waals surface area contributed by atoms with Gasteiger partial charge in [-0.15, -0.1) is 0 Å². The van der Waals surface area contributed by atoms with Gasteiger partial charge in [0.2, 0.25) is 0 Å². The quantitative estimate of drug-likeness (QED) is 0.480. The minimum atomic E-state index is -1.15. The normalized spacial score (nSPS) is 11.4. The Hall–Kier alpha value is -4.07. The number of para-hydroxylation sites is 1. The van der Waals surface area contributed by atoms with E-state index >= 15 is 0 Å². The van der Waals surface area contributed by atoms with Crippen molar-refractivity contribution in [3.8, 4) is 0 Å². The number of carbonyl (C=O) groups is 2. The number of rotatable bonds is 6. The first-order valence-electron chi connectivity index (χ1n) is 9.20. The van der Waals surface area contributed by atoms with Crippen LogP contribution in [-0.2, 0) is 4.79 Å². The molecule has 0 aliphatic carbocycles. The zero-order chi connectivity index (χ0) is 21.7. The summed E-state index contributed by atoms with van der Waals surface area (Å²) in [7, 11) is 0. The van der Waals surface area contributed by atoms with Crippen molar-refractivity contribution in [3.05, 3.63) is 99.4 Å². The number of aromatic nitrogens is 1. The highest BCUT2D eigenvalue weighted by molar-refractivity contribution is 6.01. The molecule has 0 aliphatic heterocycles. The molecule has 3 aromatic rings. The van der Waals surface area contributed by atoms with Crippen molar-refractivity contribution in [1.29, 1.82) is 0 Å². The third kappa shape index (κ3) is 4.67. The van der Waals surface area contributed by atoms with E-state index in [1.807, 2.05) is 32.0 Å². The highest BCUT2D eigenvalue weighted by atomic mass is 16.6. The molecule has 1 heterocycles. The molecule has 8 heteroatoms. The summed E-state index contributed by atoms with van der Waals surface area (Å²) in [5, 5.41) is 16.7. The van der Waals surface area contributed by atoms with Gasteiger partial charge < -0.3 is 10.6 Å². The molecule has 3 rings (SSSR count). The highest BCUT2D eigenvalue weighted by Crippen LogP contribution is 2.24. The Kier molecular flexibility index (Phi) is 6.17. The van der Waals surface area contributed by atoms with Gasteiger partial charge in [-0.2, -0.15) is 0 Å². The Labute approximate surface area is 173 Å². The predicted octanol–water partition coefficient (Wildman–Crippen LogP) is 3.72. The summed E-state index contributed by atoms with van der Waals surface area (Å²) in [5.41, 5.74) is 2.59. The number of benzene rings is 2. The largest absolute Gasteiger partial charge is 0.335 e. The Balaban J connectivity index is 1.96. The number of hydrogen-bond donors (Lipinski definition) is 2. The van der Waals surface area contributed by atoms with E-state index in [1.54, 1.807) is 18.2 Å². The van der Waals surface area contributed by atoms with E-state index in [0.717, 1.165) is 11.1 Å². The molecule has 2 amide bonds. The number of non-ortho nitro benzene ring substituents is 1. The van der Waals surface area contributed by atoms with Crippen LogP contribution in [0.1, 0.15) is 33.2 Å². The van der Waals surface area contributed by atoms with E-state index in [9.17, 15) is 19.7 Å². The Morgan fingerprint density at radius 1 is 1.00 bits per heavy atom. The summed E-state index contributed by atoms with van der Waals surface area (Å²) in [5.74, 6) is -1.08. The maximum Gasteiger partial charge on any atom is 0.270 e. The van der Waals surface area contributed by atoms with Crippen LogP contribution in [0.25, 0.3) is 0 Å². The fraction of sp³-hybridized carbons (Fsp3) is 0.136. The summed E-state index contributed by atoms with van der Waals surface area (Å²) >= 11 is 0. The van der Waals surface area contributed by atoms with Crippen molar-refractivity contribution < 1.29 is 14.5 Å². The fourth-order valence-electron chi connectivity index (χ4n) is 3.03. The van der Waals surface area contributed by atoms with Crippen LogP contribution in [0.3, 0.4) is 0 Å². The molecule has 0 aliphatic rings. The number of anilines is 1. The van der Waals surface area contributed by atoms with Crippen LogP contribution in [-0.4, -0.2) is 21.7 Å². The van der Waals surface area contributed by atoms with E-state index in [4.69, 9.17) is 0 Å². The number of aryl methyl sites for hydroxylation is 2. The lowest BCUT2D eigenvalue weighted by atomic mass is 10.0. The lowest BCUT2D eigenvalue weighted by molar-refractivity contribution is -0.384. The molecule has 1 atom stereocenters. The smallest absolute Gasteiger partial charge is 0.270 e. The molecule has 30 heavy (non-hydrogen) atoms. The van der Waals surface area contributed by atoms with E-state index < -0.39 is 22.8 Å². The maximum atomic E-state index is 13.1. The van der Waals surface area contributed by atoms with Crippen LogP contribution in [0.4, 0.5) is 11.4 Å². The summed E-state index contributed by atoms with van der Waals surface area (Å²) in [6.07, 6.45) is 1.47. The molecule has 1 aromatic heterocycles. The van der Waals surface area contributed by atoms with Crippen molar-refractivity contribution >= 4 is 23.2 Å². The van der Waals surface area contributed by atoms with Crippen LogP contribution >= 0.6 is 0 Å². The molecule has 0 fully saturated rings. The summed E-state index contributed by atoms with van der Waals surface area (Å²) in [6.45, 7) is 3.72. The molecule has 152 valence electrons. The van der Waals surface area contributed by atoms with Crippen LogP contribution in [0.15, 0.2) is 66.9 Å². The Bertz CT molecular complexity index is 1080. The molecule has 1 unspecified atom stereocenters. The van der Waals surface area contributed by atoms with Crippen molar-refractivity contribution in [2.75, 3.05) is 5.32 Å². The van der Waals surface area contributed by atoms with E-state index in [1.165, 1.54) is 30.5 Å². The second-order valence-corrected chi connectivity index (χ2v) is 6.73. The number of nitrogens with one attached hydrogen (secondary N) is 2. The van der Waals surface area contributed by atoms with Gasteiger partial charge in [0.1, 0.15) is 11.7 Å². The number of nitrogens with zero attached hydrogens (tertiary/aromatic N) is 2. The van der Waals surface area contributed by atoms with Gasteiger partial charge in [-0.3, -0.25) is 24.7 Å². The molecular weight excluding hydrogens is 384 g/mol. The standard InChI is InChI=1S/C22H20N4O4/c1-14-7-5-8-15(2)19(14)24-22(28)20(16-9-6-10-17(13-16)26(29)30)25-21(27)18-11-3-4-12-23-18/h3-13,20H,1-2H3,(H,24,28)(H,25,27). The average Bonchev–Trinajstić information content (AvgIpc) is 2.75. The topological polar surface area (TPSA) is 114 Å². The van der Waals surface area contributed by atoms with Crippen LogP contribution in [0, 0.1) is 24.0 Å². The van der Waals surface area contributed by atoms with Gasteiger partial charge in [0, 0.05) is 24.0 Å². The number of amides is 2.